The molecule has 2 aliphatic rings. The molecule has 2 heterocycles. The fourth-order valence-corrected chi connectivity index (χ4v) is 3.75. The number of hydrogen-bond donors (Lipinski definition) is 0. The monoisotopic (exact) mass is 307 g/mol. The second-order valence-corrected chi connectivity index (χ2v) is 6.27. The van der Waals surface area contributed by atoms with Crippen LogP contribution in [0.3, 0.4) is 0 Å². The molecule has 0 aromatic heterocycles. The fraction of sp³-hybridized carbons (Fsp3) is 0.667. The summed E-state index contributed by atoms with van der Waals surface area (Å²) in [6.45, 7) is 8.79. The summed E-state index contributed by atoms with van der Waals surface area (Å²) in [7, 11) is 0. The maximum Gasteiger partial charge on any atom is 0.336 e. The number of allylic oxidation sites excluding steroid dienone is 1. The zero-order chi connectivity index (χ0) is 16.2. The van der Waals surface area contributed by atoms with Crippen LogP contribution in [0.5, 0.6) is 0 Å². The summed E-state index contributed by atoms with van der Waals surface area (Å²) in [5.41, 5.74) is 1.22. The number of ether oxygens (including phenoxy) is 1. The summed E-state index contributed by atoms with van der Waals surface area (Å²) in [5, 5.41) is 0. The molecule has 0 spiro atoms. The molecule has 1 fully saturated rings. The Labute approximate surface area is 134 Å². The molecule has 1 saturated heterocycles. The van der Waals surface area contributed by atoms with Gasteiger partial charge in [0.25, 0.3) is 0 Å². The molecule has 4 heteroatoms. The van der Waals surface area contributed by atoms with E-state index >= 15 is 0 Å². The SMILES string of the molecule is C=CCCCC1(CCC)CCN(C2=C(CC)C(=O)OC2)C1=O.[HH]. The van der Waals surface area contributed by atoms with Crippen molar-refractivity contribution in [1.29, 1.82) is 0 Å². The average molecular weight is 307 g/mol. The first-order chi connectivity index (χ1) is 10.6. The van der Waals surface area contributed by atoms with E-state index in [1.807, 2.05) is 17.9 Å². The maximum absolute atomic E-state index is 13.1. The average Bonchev–Trinajstić information content (AvgIpc) is 3.01. The highest BCUT2D eigenvalue weighted by Crippen LogP contribution is 2.43. The molecule has 2 rings (SSSR count). The van der Waals surface area contributed by atoms with Gasteiger partial charge >= 0.3 is 5.97 Å². The molecule has 4 nitrogen and oxygen atoms in total. The summed E-state index contributed by atoms with van der Waals surface area (Å²) in [6.07, 6.45) is 8.19. The standard InChI is InChI=1S/C18H27NO3.H2/c1-4-7-8-10-18(9-5-2)11-12-19(17(18)21)15-13-22-16(20)14(15)6-3;/h4H,1,5-13H2,2-3H3;1H. The number of rotatable bonds is 8. The number of cyclic esters (lactones) is 1. The van der Waals surface area contributed by atoms with Gasteiger partial charge in [0.2, 0.25) is 5.91 Å². The lowest BCUT2D eigenvalue weighted by atomic mass is 9.77. The van der Waals surface area contributed by atoms with Crippen LogP contribution in [-0.2, 0) is 14.3 Å². The van der Waals surface area contributed by atoms with Gasteiger partial charge < -0.3 is 9.64 Å². The summed E-state index contributed by atoms with van der Waals surface area (Å²) >= 11 is 0. The van der Waals surface area contributed by atoms with Crippen molar-refractivity contribution in [2.45, 2.75) is 58.8 Å². The van der Waals surface area contributed by atoms with E-state index in [4.69, 9.17) is 4.74 Å². The number of carbonyl (C=O) groups excluding carboxylic acids is 2. The molecular formula is C18H29NO3. The van der Waals surface area contributed by atoms with Crippen LogP contribution >= 0.6 is 0 Å². The van der Waals surface area contributed by atoms with Crippen LogP contribution in [0.4, 0.5) is 0 Å². The molecular weight excluding hydrogens is 278 g/mol. The van der Waals surface area contributed by atoms with Crippen LogP contribution < -0.4 is 0 Å². The Kier molecular flexibility index (Phi) is 5.43. The Morgan fingerprint density at radius 1 is 1.36 bits per heavy atom. The van der Waals surface area contributed by atoms with E-state index in [0.29, 0.717) is 18.5 Å². The molecule has 0 bridgehead atoms. The van der Waals surface area contributed by atoms with E-state index in [-0.39, 0.29) is 25.3 Å². The van der Waals surface area contributed by atoms with Gasteiger partial charge in [0.05, 0.1) is 16.7 Å². The second-order valence-electron chi connectivity index (χ2n) is 6.27. The van der Waals surface area contributed by atoms with Crippen molar-refractivity contribution in [2.75, 3.05) is 13.2 Å². The molecule has 0 aromatic carbocycles. The van der Waals surface area contributed by atoms with E-state index in [2.05, 4.69) is 13.5 Å². The van der Waals surface area contributed by atoms with Crippen molar-refractivity contribution >= 4 is 11.9 Å². The lowest BCUT2D eigenvalue weighted by Crippen LogP contribution is -2.35. The van der Waals surface area contributed by atoms with Gasteiger partial charge in [0, 0.05) is 7.97 Å². The topological polar surface area (TPSA) is 46.6 Å². The molecule has 0 saturated carbocycles. The minimum atomic E-state index is -0.259. The van der Waals surface area contributed by atoms with Crippen LogP contribution in [0.15, 0.2) is 23.9 Å². The van der Waals surface area contributed by atoms with Crippen LogP contribution in [0, 0.1) is 5.41 Å². The first-order valence-electron chi connectivity index (χ1n) is 8.41. The summed E-state index contributed by atoms with van der Waals surface area (Å²) in [6, 6.07) is 0. The molecule has 0 radical (unpaired) electrons. The summed E-state index contributed by atoms with van der Waals surface area (Å²) in [5.74, 6) is -0.0670. The quantitative estimate of drug-likeness (QED) is 0.389. The molecule has 22 heavy (non-hydrogen) atoms. The van der Waals surface area contributed by atoms with Gasteiger partial charge in [-0.15, -0.1) is 6.58 Å². The van der Waals surface area contributed by atoms with Gasteiger partial charge in [-0.3, -0.25) is 4.79 Å². The van der Waals surface area contributed by atoms with Crippen LogP contribution in [0.1, 0.15) is 60.2 Å². The normalized spacial score (nSPS) is 25.1. The lowest BCUT2D eigenvalue weighted by Gasteiger charge is -2.28. The minimum absolute atomic E-state index is 0. The van der Waals surface area contributed by atoms with Gasteiger partial charge in [0.15, 0.2) is 0 Å². The van der Waals surface area contributed by atoms with Crippen LogP contribution in [0.2, 0.25) is 0 Å². The van der Waals surface area contributed by atoms with Crippen molar-refractivity contribution in [3.63, 3.8) is 0 Å². The fourth-order valence-electron chi connectivity index (χ4n) is 3.75. The molecule has 0 aromatic rings. The van der Waals surface area contributed by atoms with E-state index in [1.165, 1.54) is 0 Å². The second kappa shape index (κ2) is 7.12. The van der Waals surface area contributed by atoms with E-state index in [1.54, 1.807) is 0 Å². The third kappa shape index (κ3) is 2.96. The van der Waals surface area contributed by atoms with Crippen molar-refractivity contribution < 1.29 is 15.8 Å². The number of hydrogen-bond acceptors (Lipinski definition) is 3. The van der Waals surface area contributed by atoms with Crippen LogP contribution in [0.25, 0.3) is 0 Å². The maximum atomic E-state index is 13.1. The minimum Gasteiger partial charge on any atom is -0.456 e. The Bertz CT molecular complexity index is 500. The first kappa shape index (κ1) is 16.8. The summed E-state index contributed by atoms with van der Waals surface area (Å²) in [4.78, 5) is 26.6. The van der Waals surface area contributed by atoms with Crippen molar-refractivity contribution in [3.8, 4) is 0 Å². The third-order valence-corrected chi connectivity index (χ3v) is 4.92. The highest BCUT2D eigenvalue weighted by atomic mass is 16.5. The predicted molar refractivity (Wildman–Crippen MR) is 88.1 cm³/mol. The van der Waals surface area contributed by atoms with Gasteiger partial charge in [-0.2, -0.15) is 0 Å². The number of unbranched alkanes of at least 4 members (excludes halogenated alkanes) is 1. The number of amides is 1. The number of nitrogens with zero attached hydrogens (tertiary/aromatic N) is 1. The largest absolute Gasteiger partial charge is 0.456 e. The Morgan fingerprint density at radius 3 is 2.77 bits per heavy atom. The molecule has 2 aliphatic heterocycles. The van der Waals surface area contributed by atoms with Gasteiger partial charge in [-0.05, 0) is 38.5 Å². The Hall–Kier alpha value is -1.58. The van der Waals surface area contributed by atoms with Crippen molar-refractivity contribution in [1.82, 2.24) is 4.90 Å². The third-order valence-electron chi connectivity index (χ3n) is 4.92. The van der Waals surface area contributed by atoms with E-state index < -0.39 is 0 Å². The number of esters is 1. The van der Waals surface area contributed by atoms with Gasteiger partial charge in [-0.25, -0.2) is 4.79 Å². The molecule has 1 amide bonds. The number of carbonyl (C=O) groups is 2. The molecule has 0 aliphatic carbocycles. The van der Waals surface area contributed by atoms with Crippen molar-refractivity contribution in [2.24, 2.45) is 5.41 Å². The zero-order valence-corrected chi connectivity index (χ0v) is 13.8. The van der Waals surface area contributed by atoms with Gasteiger partial charge in [-0.1, -0.05) is 26.3 Å². The van der Waals surface area contributed by atoms with Crippen molar-refractivity contribution in [3.05, 3.63) is 23.9 Å². The first-order valence-corrected chi connectivity index (χ1v) is 8.41. The lowest BCUT2D eigenvalue weighted by molar-refractivity contribution is -0.138. The Morgan fingerprint density at radius 2 is 2.14 bits per heavy atom. The highest BCUT2D eigenvalue weighted by Gasteiger charge is 2.47. The highest BCUT2D eigenvalue weighted by molar-refractivity contribution is 5.94. The number of likely N-dealkylation sites (tertiary alicyclic amines) is 1. The Balaban J connectivity index is 0.00000264. The molecule has 1 atom stereocenters. The predicted octanol–water partition coefficient (Wildman–Crippen LogP) is 3.83. The van der Waals surface area contributed by atoms with E-state index in [0.717, 1.165) is 44.2 Å². The van der Waals surface area contributed by atoms with E-state index in [9.17, 15) is 9.59 Å². The van der Waals surface area contributed by atoms with Crippen LogP contribution in [-0.4, -0.2) is 29.9 Å². The zero-order valence-electron chi connectivity index (χ0n) is 13.8. The molecule has 1 unspecified atom stereocenters. The van der Waals surface area contributed by atoms with Gasteiger partial charge in [0.1, 0.15) is 6.61 Å². The molecule has 124 valence electrons. The smallest absolute Gasteiger partial charge is 0.336 e. The molecule has 0 N–H and O–H groups in total. The summed E-state index contributed by atoms with van der Waals surface area (Å²) < 4.78 is 5.14.